The number of hydrogen-bond donors (Lipinski definition) is 1. The minimum atomic E-state index is -0.670. The molecule has 0 aliphatic rings. The third-order valence-corrected chi connectivity index (χ3v) is 9.25. The minimum absolute atomic E-state index is 0.0127. The number of hydrogen-bond acceptors (Lipinski definition) is 3. The van der Waals surface area contributed by atoms with Gasteiger partial charge in [-0.3, -0.25) is 9.59 Å². The molecule has 0 saturated carbocycles. The van der Waals surface area contributed by atoms with Crippen LogP contribution in [0.3, 0.4) is 0 Å². The predicted molar refractivity (Wildman–Crippen MR) is 218 cm³/mol. The van der Waals surface area contributed by atoms with Crippen molar-refractivity contribution in [2.24, 2.45) is 0 Å². The van der Waals surface area contributed by atoms with Crippen LogP contribution < -0.4 is 0 Å². The van der Waals surface area contributed by atoms with Crippen LogP contribution in [0.4, 0.5) is 0 Å². The van der Waals surface area contributed by atoms with Gasteiger partial charge >= 0.3 is 11.9 Å². The molecule has 1 atom stereocenters. The van der Waals surface area contributed by atoms with Gasteiger partial charge < -0.3 is 9.84 Å². The lowest BCUT2D eigenvalue weighted by Gasteiger charge is -2.18. The molecule has 288 valence electrons. The van der Waals surface area contributed by atoms with Crippen LogP contribution in [0, 0.1) is 0 Å². The number of ether oxygens (including phenoxy) is 1. The molecule has 50 heavy (non-hydrogen) atoms. The van der Waals surface area contributed by atoms with E-state index in [1.165, 1.54) is 103 Å². The van der Waals surface area contributed by atoms with E-state index in [0.29, 0.717) is 12.8 Å². The highest BCUT2D eigenvalue weighted by Crippen LogP contribution is 2.19. The Bertz CT molecular complexity index is 881. The zero-order chi connectivity index (χ0) is 36.4. The maximum absolute atomic E-state index is 12.7. The van der Waals surface area contributed by atoms with Crippen LogP contribution >= 0.6 is 0 Å². The molecule has 0 saturated heterocycles. The number of carbonyl (C=O) groups is 2. The third kappa shape index (κ3) is 40.1. The number of esters is 1. The lowest BCUT2D eigenvalue weighted by atomic mass is 10.0. The molecule has 0 aliphatic heterocycles. The topological polar surface area (TPSA) is 63.6 Å². The number of rotatable bonds is 38. The molecule has 0 spiro atoms. The molecule has 0 bridgehead atoms. The van der Waals surface area contributed by atoms with Crippen molar-refractivity contribution in [3.8, 4) is 0 Å². The van der Waals surface area contributed by atoms with Gasteiger partial charge in [0.2, 0.25) is 0 Å². The second-order valence-electron chi connectivity index (χ2n) is 14.2. The predicted octanol–water partition coefficient (Wildman–Crippen LogP) is 14.9. The molecule has 1 N–H and O–H groups in total. The van der Waals surface area contributed by atoms with Gasteiger partial charge in [0.15, 0.2) is 0 Å². The van der Waals surface area contributed by atoms with E-state index < -0.39 is 5.97 Å². The van der Waals surface area contributed by atoms with Gasteiger partial charge in [-0.2, -0.15) is 0 Å². The van der Waals surface area contributed by atoms with E-state index in [1.54, 1.807) is 0 Å². The van der Waals surface area contributed by atoms with Gasteiger partial charge in [0, 0.05) is 12.8 Å². The molecule has 0 radical (unpaired) electrons. The summed E-state index contributed by atoms with van der Waals surface area (Å²) in [5.41, 5.74) is 0. The Morgan fingerprint density at radius 1 is 0.460 bits per heavy atom. The zero-order valence-electron chi connectivity index (χ0n) is 32.9. The monoisotopic (exact) mass is 697 g/mol. The SMILES string of the molecule is CC/C=C\C/C=C\C/C=C\C/C=C\C/C=C\CCCCCC(=O)OC(CCCCCCC)CCCCCCCCCCCCCCCC(=O)O. The third-order valence-electron chi connectivity index (χ3n) is 9.25. The molecule has 0 rings (SSSR count). The molecule has 0 aromatic rings. The van der Waals surface area contributed by atoms with Crippen molar-refractivity contribution in [1.29, 1.82) is 0 Å². The summed E-state index contributed by atoms with van der Waals surface area (Å²) in [4.78, 5) is 23.2. The molecule has 0 heterocycles. The van der Waals surface area contributed by atoms with Crippen LogP contribution in [0.5, 0.6) is 0 Å². The largest absolute Gasteiger partial charge is 0.481 e. The zero-order valence-corrected chi connectivity index (χ0v) is 32.9. The average molecular weight is 697 g/mol. The second kappa shape index (κ2) is 41.1. The average Bonchev–Trinajstić information content (AvgIpc) is 3.10. The van der Waals surface area contributed by atoms with E-state index in [-0.39, 0.29) is 12.1 Å². The molecule has 4 nitrogen and oxygen atoms in total. The second-order valence-corrected chi connectivity index (χ2v) is 14.2. The lowest BCUT2D eigenvalue weighted by molar-refractivity contribution is -0.150. The molecular formula is C46H80O4. The first kappa shape index (κ1) is 47.6. The van der Waals surface area contributed by atoms with E-state index in [1.807, 2.05) is 0 Å². The summed E-state index contributed by atoms with van der Waals surface area (Å²) < 4.78 is 6.02. The number of carboxylic acid groups (broad SMARTS) is 1. The van der Waals surface area contributed by atoms with E-state index in [2.05, 4.69) is 74.6 Å². The highest BCUT2D eigenvalue weighted by molar-refractivity contribution is 5.69. The standard InChI is InChI=1S/C46H80O4/c1-3-5-7-9-10-11-12-13-14-15-16-17-18-22-25-28-31-35-39-43-46(49)50-44(40-36-32-8-6-4-2)41-37-33-29-26-23-20-19-21-24-27-30-34-38-42-45(47)48/h5,7,10-11,13-14,16-17,22,25,44H,3-4,6,8-9,12,15,18-21,23-24,26-43H2,1-2H3,(H,47,48)/b7-5-,11-10-,14-13-,17-16-,25-22-. The van der Waals surface area contributed by atoms with Gasteiger partial charge in [0.05, 0.1) is 0 Å². The van der Waals surface area contributed by atoms with Crippen LogP contribution in [0.15, 0.2) is 60.8 Å². The Hall–Kier alpha value is -2.36. The molecule has 0 amide bonds. The van der Waals surface area contributed by atoms with Gasteiger partial charge in [-0.25, -0.2) is 0 Å². The minimum Gasteiger partial charge on any atom is -0.481 e. The quantitative estimate of drug-likeness (QED) is 0.0396. The number of aliphatic carboxylic acids is 1. The van der Waals surface area contributed by atoms with Crippen molar-refractivity contribution in [1.82, 2.24) is 0 Å². The van der Waals surface area contributed by atoms with Crippen molar-refractivity contribution < 1.29 is 19.4 Å². The molecule has 0 aliphatic carbocycles. The molecule has 0 fully saturated rings. The van der Waals surface area contributed by atoms with E-state index in [9.17, 15) is 9.59 Å². The summed E-state index contributed by atoms with van der Waals surface area (Å²) in [6.45, 7) is 4.42. The Balaban J connectivity index is 3.94. The fourth-order valence-corrected chi connectivity index (χ4v) is 6.15. The lowest BCUT2D eigenvalue weighted by Crippen LogP contribution is -2.18. The van der Waals surface area contributed by atoms with Crippen molar-refractivity contribution in [3.63, 3.8) is 0 Å². The van der Waals surface area contributed by atoms with Crippen molar-refractivity contribution in [3.05, 3.63) is 60.8 Å². The van der Waals surface area contributed by atoms with E-state index in [0.717, 1.165) is 83.5 Å². The van der Waals surface area contributed by atoms with Crippen LogP contribution in [-0.4, -0.2) is 23.1 Å². The van der Waals surface area contributed by atoms with Crippen LogP contribution in [0.1, 0.15) is 213 Å². The van der Waals surface area contributed by atoms with Gasteiger partial charge in [0.1, 0.15) is 6.10 Å². The maximum Gasteiger partial charge on any atom is 0.306 e. The Morgan fingerprint density at radius 3 is 1.30 bits per heavy atom. The van der Waals surface area contributed by atoms with Crippen LogP contribution in [0.2, 0.25) is 0 Å². The molecular weight excluding hydrogens is 617 g/mol. The summed E-state index contributed by atoms with van der Waals surface area (Å²) in [7, 11) is 0. The van der Waals surface area contributed by atoms with Gasteiger partial charge in [0.25, 0.3) is 0 Å². The van der Waals surface area contributed by atoms with Crippen LogP contribution in [0.25, 0.3) is 0 Å². The summed E-state index contributed by atoms with van der Waals surface area (Å²) in [5, 5.41) is 8.69. The van der Waals surface area contributed by atoms with Gasteiger partial charge in [-0.1, -0.05) is 177 Å². The normalized spacial score (nSPS) is 12.8. The fourth-order valence-electron chi connectivity index (χ4n) is 6.15. The Labute approximate surface area is 310 Å². The Kier molecular flexibility index (Phi) is 39.1. The van der Waals surface area contributed by atoms with Gasteiger partial charge in [-0.15, -0.1) is 0 Å². The Morgan fingerprint density at radius 2 is 0.840 bits per heavy atom. The highest BCUT2D eigenvalue weighted by atomic mass is 16.5. The number of unbranched alkanes of at least 4 members (excludes halogenated alkanes) is 19. The number of carbonyl (C=O) groups excluding carboxylic acids is 1. The molecule has 1 unspecified atom stereocenters. The first-order valence-corrected chi connectivity index (χ1v) is 21.3. The van der Waals surface area contributed by atoms with Crippen molar-refractivity contribution in [2.45, 2.75) is 219 Å². The fraction of sp³-hybridized carbons (Fsp3) is 0.739. The number of allylic oxidation sites excluding steroid dienone is 10. The first-order chi connectivity index (χ1) is 24.6. The van der Waals surface area contributed by atoms with Gasteiger partial charge in [-0.05, 0) is 83.5 Å². The summed E-state index contributed by atoms with van der Waals surface area (Å²) >= 11 is 0. The summed E-state index contributed by atoms with van der Waals surface area (Å²) in [5.74, 6) is -0.657. The summed E-state index contributed by atoms with van der Waals surface area (Å²) in [6.07, 6.45) is 57.0. The smallest absolute Gasteiger partial charge is 0.306 e. The molecule has 4 heteroatoms. The van der Waals surface area contributed by atoms with E-state index in [4.69, 9.17) is 9.84 Å². The van der Waals surface area contributed by atoms with Crippen molar-refractivity contribution >= 4 is 11.9 Å². The first-order valence-electron chi connectivity index (χ1n) is 21.3. The molecule has 0 aromatic heterocycles. The van der Waals surface area contributed by atoms with Crippen molar-refractivity contribution in [2.75, 3.05) is 0 Å². The van der Waals surface area contributed by atoms with E-state index >= 15 is 0 Å². The summed E-state index contributed by atoms with van der Waals surface area (Å²) in [6, 6.07) is 0. The van der Waals surface area contributed by atoms with Crippen LogP contribution in [-0.2, 0) is 14.3 Å². The molecule has 0 aromatic carbocycles. The number of carboxylic acids is 1. The highest BCUT2D eigenvalue weighted by Gasteiger charge is 2.14. The maximum atomic E-state index is 12.7.